The maximum atomic E-state index is 13.0. The number of nitriles is 1. The van der Waals surface area contributed by atoms with Crippen molar-refractivity contribution in [3.63, 3.8) is 0 Å². The Balaban J connectivity index is 1.84. The standard InChI is InChI=1S/C24H22N2O2/c1-18(28-22-15-9-10-19(16-22)17-25)23(27)26-24(2,20-11-5-3-6-12-20)21-13-7-4-8-14-21/h3-16,18H,1-2H3,(H,26,27). The van der Waals surface area contributed by atoms with Gasteiger partial charge in [-0.25, -0.2) is 0 Å². The molecule has 0 radical (unpaired) electrons. The van der Waals surface area contributed by atoms with Gasteiger partial charge in [-0.1, -0.05) is 66.7 Å². The minimum atomic E-state index is -0.722. The first-order valence-corrected chi connectivity index (χ1v) is 9.13. The molecule has 0 bridgehead atoms. The van der Waals surface area contributed by atoms with Crippen LogP contribution >= 0.6 is 0 Å². The molecule has 0 fully saturated rings. The number of carbonyl (C=O) groups excluding carboxylic acids is 1. The predicted octanol–water partition coefficient (Wildman–Crippen LogP) is 4.41. The lowest BCUT2D eigenvalue weighted by atomic mass is 9.84. The molecule has 1 unspecified atom stereocenters. The maximum Gasteiger partial charge on any atom is 0.261 e. The second kappa shape index (κ2) is 8.41. The van der Waals surface area contributed by atoms with Crippen molar-refractivity contribution in [2.24, 2.45) is 0 Å². The molecule has 4 nitrogen and oxygen atoms in total. The summed E-state index contributed by atoms with van der Waals surface area (Å²) in [5.41, 5.74) is 1.75. The summed E-state index contributed by atoms with van der Waals surface area (Å²) in [6, 6.07) is 28.6. The zero-order valence-electron chi connectivity index (χ0n) is 15.9. The van der Waals surface area contributed by atoms with Gasteiger partial charge in [-0.05, 0) is 43.2 Å². The summed E-state index contributed by atoms with van der Waals surface area (Å²) in [6.45, 7) is 3.68. The Morgan fingerprint density at radius 2 is 1.54 bits per heavy atom. The normalized spacial score (nSPS) is 11.9. The van der Waals surface area contributed by atoms with Crippen LogP contribution in [0.2, 0.25) is 0 Å². The van der Waals surface area contributed by atoms with E-state index in [0.717, 1.165) is 11.1 Å². The molecular weight excluding hydrogens is 348 g/mol. The van der Waals surface area contributed by atoms with Crippen LogP contribution < -0.4 is 10.1 Å². The summed E-state index contributed by atoms with van der Waals surface area (Å²) >= 11 is 0. The van der Waals surface area contributed by atoms with E-state index in [2.05, 4.69) is 11.4 Å². The molecule has 0 aromatic heterocycles. The first-order valence-electron chi connectivity index (χ1n) is 9.13. The van der Waals surface area contributed by atoms with E-state index < -0.39 is 11.6 Å². The van der Waals surface area contributed by atoms with Crippen molar-refractivity contribution in [2.45, 2.75) is 25.5 Å². The van der Waals surface area contributed by atoms with Gasteiger partial charge >= 0.3 is 0 Å². The van der Waals surface area contributed by atoms with Crippen molar-refractivity contribution in [3.05, 3.63) is 102 Å². The minimum absolute atomic E-state index is 0.238. The summed E-state index contributed by atoms with van der Waals surface area (Å²) < 4.78 is 5.77. The monoisotopic (exact) mass is 370 g/mol. The smallest absolute Gasteiger partial charge is 0.261 e. The molecule has 1 atom stereocenters. The van der Waals surface area contributed by atoms with E-state index >= 15 is 0 Å². The number of hydrogen-bond acceptors (Lipinski definition) is 3. The van der Waals surface area contributed by atoms with E-state index in [1.165, 1.54) is 0 Å². The van der Waals surface area contributed by atoms with Crippen LogP contribution in [0.4, 0.5) is 0 Å². The highest BCUT2D eigenvalue weighted by Crippen LogP contribution is 2.29. The zero-order valence-corrected chi connectivity index (χ0v) is 15.9. The lowest BCUT2D eigenvalue weighted by Gasteiger charge is -2.33. The largest absolute Gasteiger partial charge is 0.481 e. The van der Waals surface area contributed by atoms with Crippen LogP contribution in [0.15, 0.2) is 84.9 Å². The fraction of sp³-hybridized carbons (Fsp3) is 0.167. The molecule has 1 amide bonds. The van der Waals surface area contributed by atoms with Crippen LogP contribution in [0.25, 0.3) is 0 Å². The lowest BCUT2D eigenvalue weighted by Crippen LogP contribution is -2.49. The number of rotatable bonds is 6. The van der Waals surface area contributed by atoms with E-state index in [1.807, 2.05) is 67.6 Å². The number of carbonyl (C=O) groups is 1. The summed E-state index contributed by atoms with van der Waals surface area (Å²) in [6.07, 6.45) is -0.722. The van der Waals surface area contributed by atoms with E-state index in [9.17, 15) is 4.79 Å². The van der Waals surface area contributed by atoms with Crippen LogP contribution in [-0.4, -0.2) is 12.0 Å². The van der Waals surface area contributed by atoms with Crippen molar-refractivity contribution >= 4 is 5.91 Å². The number of ether oxygens (including phenoxy) is 1. The molecule has 0 aliphatic rings. The lowest BCUT2D eigenvalue weighted by molar-refractivity contribution is -0.128. The highest BCUT2D eigenvalue weighted by Gasteiger charge is 2.32. The van der Waals surface area contributed by atoms with Gasteiger partial charge in [0.15, 0.2) is 6.10 Å². The molecule has 0 spiro atoms. The van der Waals surface area contributed by atoms with E-state index in [4.69, 9.17) is 10.00 Å². The van der Waals surface area contributed by atoms with E-state index in [-0.39, 0.29) is 5.91 Å². The highest BCUT2D eigenvalue weighted by molar-refractivity contribution is 5.82. The molecule has 3 aromatic rings. The van der Waals surface area contributed by atoms with Crippen LogP contribution in [0.1, 0.15) is 30.5 Å². The Labute approximate surface area is 165 Å². The SMILES string of the molecule is CC(Oc1cccc(C#N)c1)C(=O)NC(C)(c1ccccc1)c1ccccc1. The topological polar surface area (TPSA) is 62.1 Å². The third-order valence-electron chi connectivity index (χ3n) is 4.72. The molecular formula is C24H22N2O2. The van der Waals surface area contributed by atoms with Gasteiger partial charge in [-0.3, -0.25) is 4.79 Å². The molecule has 0 saturated carbocycles. The van der Waals surface area contributed by atoms with Gasteiger partial charge in [0.05, 0.1) is 17.2 Å². The number of benzene rings is 3. The molecule has 1 N–H and O–H groups in total. The number of hydrogen-bond donors (Lipinski definition) is 1. The first-order chi connectivity index (χ1) is 13.5. The van der Waals surface area contributed by atoms with Gasteiger partial charge in [0, 0.05) is 0 Å². The summed E-state index contributed by atoms with van der Waals surface area (Å²) in [4.78, 5) is 13.0. The summed E-state index contributed by atoms with van der Waals surface area (Å²) in [5, 5.41) is 12.2. The van der Waals surface area contributed by atoms with Crippen molar-refractivity contribution < 1.29 is 9.53 Å². The van der Waals surface area contributed by atoms with Crippen molar-refractivity contribution in [3.8, 4) is 11.8 Å². The van der Waals surface area contributed by atoms with Crippen molar-refractivity contribution in [1.82, 2.24) is 5.32 Å². The Kier molecular flexibility index (Phi) is 5.76. The third kappa shape index (κ3) is 4.21. The summed E-state index contributed by atoms with van der Waals surface area (Å²) in [7, 11) is 0. The van der Waals surface area contributed by atoms with Gasteiger partial charge in [0.2, 0.25) is 0 Å². The molecule has 3 rings (SSSR count). The Hall–Kier alpha value is -3.58. The Morgan fingerprint density at radius 1 is 0.964 bits per heavy atom. The van der Waals surface area contributed by atoms with Crippen LogP contribution in [-0.2, 0) is 10.3 Å². The second-order valence-electron chi connectivity index (χ2n) is 6.75. The molecule has 0 aliphatic heterocycles. The quantitative estimate of drug-likeness (QED) is 0.699. The zero-order chi connectivity index (χ0) is 20.0. The van der Waals surface area contributed by atoms with Gasteiger partial charge in [0.25, 0.3) is 5.91 Å². The summed E-state index contributed by atoms with van der Waals surface area (Å²) in [5.74, 6) is 0.250. The number of amides is 1. The highest BCUT2D eigenvalue weighted by atomic mass is 16.5. The minimum Gasteiger partial charge on any atom is -0.481 e. The van der Waals surface area contributed by atoms with Gasteiger partial charge < -0.3 is 10.1 Å². The number of nitrogens with one attached hydrogen (secondary N) is 1. The molecule has 3 aromatic carbocycles. The van der Waals surface area contributed by atoms with Gasteiger partial charge in [-0.2, -0.15) is 5.26 Å². The fourth-order valence-corrected chi connectivity index (χ4v) is 3.10. The van der Waals surface area contributed by atoms with Gasteiger partial charge in [-0.15, -0.1) is 0 Å². The molecule has 0 saturated heterocycles. The molecule has 4 heteroatoms. The molecule has 28 heavy (non-hydrogen) atoms. The molecule has 0 aliphatic carbocycles. The first kappa shape index (κ1) is 19.2. The van der Waals surface area contributed by atoms with Crippen LogP contribution in [0, 0.1) is 11.3 Å². The Morgan fingerprint density at radius 3 is 2.07 bits per heavy atom. The maximum absolute atomic E-state index is 13.0. The van der Waals surface area contributed by atoms with Crippen molar-refractivity contribution in [2.75, 3.05) is 0 Å². The number of nitrogens with zero attached hydrogens (tertiary/aromatic N) is 1. The van der Waals surface area contributed by atoms with Gasteiger partial charge in [0.1, 0.15) is 5.75 Å². The average Bonchev–Trinajstić information content (AvgIpc) is 2.75. The molecule has 140 valence electrons. The second-order valence-corrected chi connectivity index (χ2v) is 6.75. The average molecular weight is 370 g/mol. The Bertz CT molecular complexity index is 939. The van der Waals surface area contributed by atoms with Crippen LogP contribution in [0.3, 0.4) is 0 Å². The third-order valence-corrected chi connectivity index (χ3v) is 4.72. The van der Waals surface area contributed by atoms with E-state index in [0.29, 0.717) is 11.3 Å². The van der Waals surface area contributed by atoms with Crippen molar-refractivity contribution in [1.29, 1.82) is 5.26 Å². The molecule has 0 heterocycles. The van der Waals surface area contributed by atoms with Crippen LogP contribution in [0.5, 0.6) is 5.75 Å². The fourth-order valence-electron chi connectivity index (χ4n) is 3.10. The van der Waals surface area contributed by atoms with E-state index in [1.54, 1.807) is 31.2 Å². The predicted molar refractivity (Wildman–Crippen MR) is 109 cm³/mol.